The van der Waals surface area contributed by atoms with Crippen molar-refractivity contribution in [1.29, 1.82) is 0 Å². The van der Waals surface area contributed by atoms with Gasteiger partial charge < -0.3 is 15.5 Å². The van der Waals surface area contributed by atoms with Crippen LogP contribution < -0.4 is 10.6 Å². The number of carbonyl (C=O) groups excluding carboxylic acids is 1. The lowest BCUT2D eigenvalue weighted by Crippen LogP contribution is -2.41. The number of amides is 1. The fourth-order valence-electron chi connectivity index (χ4n) is 2.86. The molecule has 2 saturated heterocycles. The SMILES string of the molecule is CC1CCN(CCCNC(=O)CC2CSCCN2)CC1. The Kier molecular flexibility index (Phi) is 7.17. The molecule has 4 nitrogen and oxygen atoms in total. The van der Waals surface area contributed by atoms with Crippen LogP contribution in [-0.4, -0.2) is 61.1 Å². The summed E-state index contributed by atoms with van der Waals surface area (Å²) in [7, 11) is 0. The molecular weight excluding hydrogens is 270 g/mol. The Hall–Kier alpha value is -0.260. The van der Waals surface area contributed by atoms with E-state index in [9.17, 15) is 4.79 Å². The van der Waals surface area contributed by atoms with Gasteiger partial charge in [0.1, 0.15) is 0 Å². The van der Waals surface area contributed by atoms with Crippen LogP contribution in [0.2, 0.25) is 0 Å². The van der Waals surface area contributed by atoms with E-state index < -0.39 is 0 Å². The molecule has 0 aromatic heterocycles. The van der Waals surface area contributed by atoms with Gasteiger partial charge in [0.05, 0.1) is 0 Å². The molecule has 1 unspecified atom stereocenters. The maximum absolute atomic E-state index is 11.8. The van der Waals surface area contributed by atoms with E-state index >= 15 is 0 Å². The average molecular weight is 299 g/mol. The lowest BCUT2D eigenvalue weighted by atomic mass is 9.99. The maximum atomic E-state index is 11.8. The number of hydrogen-bond acceptors (Lipinski definition) is 4. The molecule has 2 rings (SSSR count). The van der Waals surface area contributed by atoms with Crippen molar-refractivity contribution >= 4 is 17.7 Å². The van der Waals surface area contributed by atoms with Crippen LogP contribution in [-0.2, 0) is 4.79 Å². The van der Waals surface area contributed by atoms with Crippen LogP contribution in [0.15, 0.2) is 0 Å². The second-order valence-corrected chi connectivity index (χ2v) is 7.31. The fourth-order valence-corrected chi connectivity index (χ4v) is 3.81. The zero-order chi connectivity index (χ0) is 14.2. The zero-order valence-corrected chi connectivity index (χ0v) is 13.5. The quantitative estimate of drug-likeness (QED) is 0.726. The molecule has 1 amide bonds. The molecule has 0 radical (unpaired) electrons. The van der Waals surface area contributed by atoms with Gasteiger partial charge in [0.25, 0.3) is 0 Å². The molecule has 2 aliphatic rings. The Balaban J connectivity index is 1.48. The molecule has 0 saturated carbocycles. The zero-order valence-electron chi connectivity index (χ0n) is 12.7. The number of nitrogens with zero attached hydrogens (tertiary/aromatic N) is 1. The standard InChI is InChI=1S/C15H29N3OS/c1-13-3-8-18(9-4-13)7-2-5-17-15(19)11-14-12-20-10-6-16-14/h13-14,16H,2-12H2,1H3,(H,17,19). The van der Waals surface area contributed by atoms with Gasteiger partial charge in [0.2, 0.25) is 5.91 Å². The van der Waals surface area contributed by atoms with Gasteiger partial charge in [-0.3, -0.25) is 4.79 Å². The lowest BCUT2D eigenvalue weighted by molar-refractivity contribution is -0.121. The normalized spacial score (nSPS) is 25.6. The second kappa shape index (κ2) is 8.90. The smallest absolute Gasteiger partial charge is 0.221 e. The summed E-state index contributed by atoms with van der Waals surface area (Å²) in [6, 6.07) is 0.373. The van der Waals surface area contributed by atoms with Crippen LogP contribution in [0.3, 0.4) is 0 Å². The molecule has 2 aliphatic heterocycles. The average Bonchev–Trinajstić information content (AvgIpc) is 2.46. The number of piperidine rings is 1. The summed E-state index contributed by atoms with van der Waals surface area (Å²) >= 11 is 1.94. The minimum Gasteiger partial charge on any atom is -0.356 e. The third-order valence-corrected chi connectivity index (χ3v) is 5.41. The molecule has 5 heteroatoms. The molecule has 0 aliphatic carbocycles. The maximum Gasteiger partial charge on any atom is 0.221 e. The predicted octanol–water partition coefficient (Wildman–Crippen LogP) is 1.32. The third kappa shape index (κ3) is 6.02. The van der Waals surface area contributed by atoms with E-state index in [1.165, 1.54) is 31.7 Å². The molecular formula is C15H29N3OS. The van der Waals surface area contributed by atoms with E-state index in [1.54, 1.807) is 0 Å². The van der Waals surface area contributed by atoms with Crippen molar-refractivity contribution in [2.24, 2.45) is 5.92 Å². The van der Waals surface area contributed by atoms with Crippen LogP contribution >= 0.6 is 11.8 Å². The first-order valence-electron chi connectivity index (χ1n) is 8.04. The molecule has 1 atom stereocenters. The topological polar surface area (TPSA) is 44.4 Å². The number of rotatable bonds is 6. The van der Waals surface area contributed by atoms with Gasteiger partial charge in [0, 0.05) is 37.1 Å². The molecule has 2 heterocycles. The van der Waals surface area contributed by atoms with E-state index in [0.717, 1.165) is 37.7 Å². The highest BCUT2D eigenvalue weighted by Gasteiger charge is 2.17. The first-order chi connectivity index (χ1) is 9.74. The predicted molar refractivity (Wildman–Crippen MR) is 86.2 cm³/mol. The molecule has 2 fully saturated rings. The number of thioether (sulfide) groups is 1. The Morgan fingerprint density at radius 3 is 2.90 bits per heavy atom. The molecule has 0 bridgehead atoms. The highest BCUT2D eigenvalue weighted by Crippen LogP contribution is 2.15. The first-order valence-corrected chi connectivity index (χ1v) is 9.19. The monoisotopic (exact) mass is 299 g/mol. The summed E-state index contributed by atoms with van der Waals surface area (Å²) < 4.78 is 0. The second-order valence-electron chi connectivity index (χ2n) is 6.16. The fraction of sp³-hybridized carbons (Fsp3) is 0.933. The van der Waals surface area contributed by atoms with Gasteiger partial charge in [-0.2, -0.15) is 11.8 Å². The number of hydrogen-bond donors (Lipinski definition) is 2. The van der Waals surface area contributed by atoms with Gasteiger partial charge in [0.15, 0.2) is 0 Å². The molecule has 0 aromatic rings. The van der Waals surface area contributed by atoms with Crippen molar-refractivity contribution in [1.82, 2.24) is 15.5 Å². The van der Waals surface area contributed by atoms with Crippen LogP contribution in [0, 0.1) is 5.92 Å². The summed E-state index contributed by atoms with van der Waals surface area (Å²) in [6.45, 7) is 7.80. The Morgan fingerprint density at radius 1 is 1.40 bits per heavy atom. The van der Waals surface area contributed by atoms with E-state index in [2.05, 4.69) is 22.5 Å². The van der Waals surface area contributed by atoms with Crippen molar-refractivity contribution in [3.63, 3.8) is 0 Å². The van der Waals surface area contributed by atoms with Crippen LogP contribution in [0.25, 0.3) is 0 Å². The highest BCUT2D eigenvalue weighted by molar-refractivity contribution is 7.99. The number of likely N-dealkylation sites (tertiary alicyclic amines) is 1. The lowest BCUT2D eigenvalue weighted by Gasteiger charge is -2.30. The molecule has 0 aromatic carbocycles. The van der Waals surface area contributed by atoms with E-state index in [4.69, 9.17) is 0 Å². The van der Waals surface area contributed by atoms with Crippen LogP contribution in [0.4, 0.5) is 0 Å². The summed E-state index contributed by atoms with van der Waals surface area (Å²) in [4.78, 5) is 14.4. The Morgan fingerprint density at radius 2 is 2.20 bits per heavy atom. The van der Waals surface area contributed by atoms with Crippen molar-refractivity contribution in [2.75, 3.05) is 44.2 Å². The molecule has 20 heavy (non-hydrogen) atoms. The summed E-state index contributed by atoms with van der Waals surface area (Å²) in [5.74, 6) is 3.34. The number of nitrogens with one attached hydrogen (secondary N) is 2. The summed E-state index contributed by atoms with van der Waals surface area (Å²) in [5, 5.41) is 6.47. The van der Waals surface area contributed by atoms with Crippen LogP contribution in [0.5, 0.6) is 0 Å². The molecule has 2 N–H and O–H groups in total. The van der Waals surface area contributed by atoms with Gasteiger partial charge in [-0.25, -0.2) is 0 Å². The minimum atomic E-state index is 0.206. The molecule has 116 valence electrons. The first kappa shape index (κ1) is 16.1. The summed E-state index contributed by atoms with van der Waals surface area (Å²) in [5.41, 5.74) is 0. The van der Waals surface area contributed by atoms with Gasteiger partial charge in [-0.05, 0) is 44.8 Å². The highest BCUT2D eigenvalue weighted by atomic mass is 32.2. The Bertz CT molecular complexity index is 287. The van der Waals surface area contributed by atoms with Crippen molar-refractivity contribution in [2.45, 2.75) is 38.6 Å². The minimum absolute atomic E-state index is 0.206. The third-order valence-electron chi connectivity index (χ3n) is 4.28. The van der Waals surface area contributed by atoms with Crippen molar-refractivity contribution in [3.05, 3.63) is 0 Å². The largest absolute Gasteiger partial charge is 0.356 e. The van der Waals surface area contributed by atoms with E-state index in [0.29, 0.717) is 12.5 Å². The van der Waals surface area contributed by atoms with Gasteiger partial charge >= 0.3 is 0 Å². The van der Waals surface area contributed by atoms with Crippen LogP contribution in [0.1, 0.15) is 32.6 Å². The van der Waals surface area contributed by atoms with Gasteiger partial charge in [-0.15, -0.1) is 0 Å². The summed E-state index contributed by atoms with van der Waals surface area (Å²) in [6.07, 6.45) is 4.37. The van der Waals surface area contributed by atoms with E-state index in [1.807, 2.05) is 11.8 Å². The number of carbonyl (C=O) groups is 1. The van der Waals surface area contributed by atoms with Crippen molar-refractivity contribution in [3.8, 4) is 0 Å². The van der Waals surface area contributed by atoms with Crippen molar-refractivity contribution < 1.29 is 4.79 Å². The van der Waals surface area contributed by atoms with Gasteiger partial charge in [-0.1, -0.05) is 6.92 Å². The Labute approximate surface area is 127 Å². The molecule has 0 spiro atoms. The van der Waals surface area contributed by atoms with E-state index in [-0.39, 0.29) is 5.91 Å².